The van der Waals surface area contributed by atoms with E-state index in [1.165, 1.54) is 0 Å². The fraction of sp³-hybridized carbons (Fsp3) is 0.500. The summed E-state index contributed by atoms with van der Waals surface area (Å²) in [4.78, 5) is 11.6. The molecule has 4 heteroatoms. The van der Waals surface area contributed by atoms with Crippen molar-refractivity contribution in [1.29, 1.82) is 0 Å². The molecule has 100 valence electrons. The molecule has 1 amide bonds. The highest BCUT2D eigenvalue weighted by Gasteiger charge is 2.16. The minimum absolute atomic E-state index is 0.247. The highest BCUT2D eigenvalue weighted by Crippen LogP contribution is 2.36. The topological polar surface area (TPSA) is 38.3 Å². The lowest BCUT2D eigenvalue weighted by Gasteiger charge is -2.16. The number of nitrogens with one attached hydrogen (secondary N) is 1. The van der Waals surface area contributed by atoms with Gasteiger partial charge in [-0.1, -0.05) is 44.5 Å². The lowest BCUT2D eigenvalue weighted by molar-refractivity contribution is 0.200. The van der Waals surface area contributed by atoms with Gasteiger partial charge in [-0.05, 0) is 30.4 Å². The maximum Gasteiger partial charge on any atom is 0.412 e. The molecule has 0 fully saturated rings. The van der Waals surface area contributed by atoms with Crippen LogP contribution in [0, 0.1) is 6.92 Å². The van der Waals surface area contributed by atoms with Crippen LogP contribution in [0.3, 0.4) is 0 Å². The van der Waals surface area contributed by atoms with Gasteiger partial charge in [0.2, 0.25) is 0 Å². The Morgan fingerprint density at radius 1 is 1.44 bits per heavy atom. The Labute approximate surface area is 113 Å². The van der Waals surface area contributed by atoms with Crippen molar-refractivity contribution in [3.63, 3.8) is 0 Å². The Balaban J connectivity index is 2.98. The summed E-state index contributed by atoms with van der Waals surface area (Å²) in [5, 5.41) is 3.18. The van der Waals surface area contributed by atoms with Gasteiger partial charge in [0, 0.05) is 6.54 Å². The third-order valence-electron chi connectivity index (χ3n) is 2.66. The second-order valence-electron chi connectivity index (χ2n) is 4.59. The highest BCUT2D eigenvalue weighted by atomic mass is 35.5. The second kappa shape index (κ2) is 6.64. The van der Waals surface area contributed by atoms with Gasteiger partial charge in [-0.15, -0.1) is 0 Å². The number of ether oxygens (including phenoxy) is 1. The maximum absolute atomic E-state index is 11.6. The second-order valence-corrected chi connectivity index (χ2v) is 4.96. The quantitative estimate of drug-likeness (QED) is 0.886. The van der Waals surface area contributed by atoms with E-state index in [4.69, 9.17) is 16.3 Å². The van der Waals surface area contributed by atoms with Crippen LogP contribution in [0.15, 0.2) is 12.1 Å². The zero-order chi connectivity index (χ0) is 13.7. The molecule has 0 aliphatic carbocycles. The standard InChI is InChI=1S/C14H20ClNO2/c1-5-8-16-14(17)18-13-11(9(2)3)7-6-10(4)12(13)15/h6-7,9H,5,8H2,1-4H3,(H,16,17). The number of benzene rings is 1. The number of rotatable bonds is 4. The zero-order valence-corrected chi connectivity index (χ0v) is 12.1. The molecule has 1 N–H and O–H groups in total. The predicted octanol–water partition coefficient (Wildman–Crippen LogP) is 4.27. The summed E-state index contributed by atoms with van der Waals surface area (Å²) in [5.41, 5.74) is 1.84. The molecule has 0 spiro atoms. The van der Waals surface area contributed by atoms with Gasteiger partial charge in [0.05, 0.1) is 5.02 Å². The number of carbonyl (C=O) groups excluding carboxylic acids is 1. The van der Waals surface area contributed by atoms with Crippen LogP contribution < -0.4 is 10.1 Å². The van der Waals surface area contributed by atoms with Crippen molar-refractivity contribution in [1.82, 2.24) is 5.32 Å². The molecule has 18 heavy (non-hydrogen) atoms. The number of amides is 1. The number of aryl methyl sites for hydroxylation is 1. The summed E-state index contributed by atoms with van der Waals surface area (Å²) in [5.74, 6) is 0.720. The van der Waals surface area contributed by atoms with E-state index in [1.807, 2.05) is 39.8 Å². The van der Waals surface area contributed by atoms with Crippen molar-refractivity contribution >= 4 is 17.7 Å². The van der Waals surface area contributed by atoms with Crippen LogP contribution >= 0.6 is 11.6 Å². The number of hydrogen-bond donors (Lipinski definition) is 1. The molecule has 0 radical (unpaired) electrons. The lowest BCUT2D eigenvalue weighted by atomic mass is 10.0. The molecular weight excluding hydrogens is 250 g/mol. The summed E-state index contributed by atoms with van der Waals surface area (Å²) >= 11 is 6.22. The van der Waals surface area contributed by atoms with E-state index in [-0.39, 0.29) is 5.92 Å². The van der Waals surface area contributed by atoms with Crippen molar-refractivity contribution in [2.24, 2.45) is 0 Å². The first kappa shape index (κ1) is 14.8. The predicted molar refractivity (Wildman–Crippen MR) is 74.6 cm³/mol. The molecule has 0 aromatic heterocycles. The minimum Gasteiger partial charge on any atom is -0.408 e. The van der Waals surface area contributed by atoms with Gasteiger partial charge in [-0.3, -0.25) is 0 Å². The summed E-state index contributed by atoms with van der Waals surface area (Å²) in [7, 11) is 0. The third kappa shape index (κ3) is 3.64. The summed E-state index contributed by atoms with van der Waals surface area (Å²) in [6, 6.07) is 3.89. The average Bonchev–Trinajstić information content (AvgIpc) is 2.32. The Morgan fingerprint density at radius 3 is 2.67 bits per heavy atom. The molecule has 0 heterocycles. The van der Waals surface area contributed by atoms with Crippen LogP contribution in [0.1, 0.15) is 44.2 Å². The molecular formula is C14H20ClNO2. The van der Waals surface area contributed by atoms with Crippen molar-refractivity contribution in [2.75, 3.05) is 6.54 Å². The van der Waals surface area contributed by atoms with Gasteiger partial charge < -0.3 is 10.1 Å². The summed E-state index contributed by atoms with van der Waals surface area (Å²) < 4.78 is 5.34. The van der Waals surface area contributed by atoms with Crippen LogP contribution in [0.5, 0.6) is 5.75 Å². The largest absolute Gasteiger partial charge is 0.412 e. The van der Waals surface area contributed by atoms with Gasteiger partial charge in [-0.2, -0.15) is 0 Å². The normalized spacial score (nSPS) is 10.6. The van der Waals surface area contributed by atoms with E-state index in [0.717, 1.165) is 17.5 Å². The molecule has 0 aliphatic rings. The molecule has 0 unspecified atom stereocenters. The SMILES string of the molecule is CCCNC(=O)Oc1c(C(C)C)ccc(C)c1Cl. The lowest BCUT2D eigenvalue weighted by Crippen LogP contribution is -2.27. The van der Waals surface area contributed by atoms with Crippen LogP contribution in [0.2, 0.25) is 5.02 Å². The zero-order valence-electron chi connectivity index (χ0n) is 11.3. The van der Waals surface area contributed by atoms with E-state index >= 15 is 0 Å². The first-order valence-electron chi connectivity index (χ1n) is 6.22. The van der Waals surface area contributed by atoms with E-state index in [9.17, 15) is 4.79 Å². The van der Waals surface area contributed by atoms with Crippen molar-refractivity contribution < 1.29 is 9.53 Å². The summed E-state index contributed by atoms with van der Waals surface area (Å²) in [6.45, 7) is 8.55. The fourth-order valence-corrected chi connectivity index (χ4v) is 1.79. The smallest absolute Gasteiger partial charge is 0.408 e. The van der Waals surface area contributed by atoms with Crippen molar-refractivity contribution in [3.8, 4) is 5.75 Å². The number of halogens is 1. The number of hydrogen-bond acceptors (Lipinski definition) is 2. The van der Waals surface area contributed by atoms with Gasteiger partial charge in [0.25, 0.3) is 0 Å². The third-order valence-corrected chi connectivity index (χ3v) is 3.13. The number of carbonyl (C=O) groups is 1. The van der Waals surface area contributed by atoms with E-state index in [1.54, 1.807) is 0 Å². The summed E-state index contributed by atoms with van der Waals surface area (Å²) in [6.07, 6.45) is 0.416. The Bertz CT molecular complexity index is 430. The van der Waals surface area contributed by atoms with Crippen molar-refractivity contribution in [3.05, 3.63) is 28.3 Å². The Morgan fingerprint density at radius 2 is 2.11 bits per heavy atom. The molecule has 0 saturated carbocycles. The van der Waals surface area contributed by atoms with Gasteiger partial charge in [0.1, 0.15) is 0 Å². The van der Waals surface area contributed by atoms with Crippen LogP contribution in [-0.4, -0.2) is 12.6 Å². The van der Waals surface area contributed by atoms with Gasteiger partial charge in [0.15, 0.2) is 5.75 Å². The Kier molecular flexibility index (Phi) is 5.48. The van der Waals surface area contributed by atoms with E-state index < -0.39 is 6.09 Å². The molecule has 1 aromatic rings. The Hall–Kier alpha value is -1.22. The fourth-order valence-electron chi connectivity index (χ4n) is 1.58. The first-order valence-corrected chi connectivity index (χ1v) is 6.59. The molecule has 0 saturated heterocycles. The molecule has 0 aliphatic heterocycles. The van der Waals surface area contributed by atoms with E-state index in [2.05, 4.69) is 5.32 Å². The van der Waals surface area contributed by atoms with Gasteiger partial charge >= 0.3 is 6.09 Å². The van der Waals surface area contributed by atoms with Gasteiger partial charge in [-0.25, -0.2) is 4.79 Å². The van der Waals surface area contributed by atoms with Crippen LogP contribution in [-0.2, 0) is 0 Å². The minimum atomic E-state index is -0.453. The molecule has 0 atom stereocenters. The molecule has 1 aromatic carbocycles. The maximum atomic E-state index is 11.6. The molecule has 1 rings (SSSR count). The molecule has 3 nitrogen and oxygen atoms in total. The van der Waals surface area contributed by atoms with Crippen LogP contribution in [0.25, 0.3) is 0 Å². The molecule has 0 bridgehead atoms. The average molecular weight is 270 g/mol. The van der Waals surface area contributed by atoms with E-state index in [0.29, 0.717) is 17.3 Å². The van der Waals surface area contributed by atoms with Crippen LogP contribution in [0.4, 0.5) is 4.79 Å². The highest BCUT2D eigenvalue weighted by molar-refractivity contribution is 6.33. The van der Waals surface area contributed by atoms with Crippen molar-refractivity contribution in [2.45, 2.75) is 40.0 Å². The monoisotopic (exact) mass is 269 g/mol. The first-order chi connectivity index (χ1) is 8.47.